The lowest BCUT2D eigenvalue weighted by molar-refractivity contribution is 0.144. The molecule has 1 atom stereocenters. The van der Waals surface area contributed by atoms with Crippen molar-refractivity contribution in [3.05, 3.63) is 23.8 Å². The second-order valence-corrected chi connectivity index (χ2v) is 6.30. The van der Waals surface area contributed by atoms with Gasteiger partial charge < -0.3 is 19.9 Å². The summed E-state index contributed by atoms with van der Waals surface area (Å²) in [5.74, 6) is 1.53. The molecule has 1 aromatic carbocycles. The monoisotopic (exact) mass is 308 g/mol. The van der Waals surface area contributed by atoms with Crippen LogP contribution in [0.25, 0.3) is 0 Å². The minimum atomic E-state index is 0.257. The Bertz CT molecular complexity index is 481. The first-order chi connectivity index (χ1) is 10.6. The number of likely N-dealkylation sites (tertiary alicyclic amines) is 1. The van der Waals surface area contributed by atoms with Crippen LogP contribution < -0.4 is 15.2 Å². The van der Waals surface area contributed by atoms with E-state index < -0.39 is 0 Å². The van der Waals surface area contributed by atoms with E-state index in [1.807, 2.05) is 6.07 Å². The van der Waals surface area contributed by atoms with E-state index in [0.717, 1.165) is 37.7 Å². The summed E-state index contributed by atoms with van der Waals surface area (Å²) in [7, 11) is 3.33. The third-order valence-electron chi connectivity index (χ3n) is 4.31. The summed E-state index contributed by atoms with van der Waals surface area (Å²) >= 11 is 0. The number of benzene rings is 1. The lowest BCUT2D eigenvalue weighted by Crippen LogP contribution is -2.31. The molecule has 22 heavy (non-hydrogen) atoms. The quantitative estimate of drug-likeness (QED) is 0.743. The van der Waals surface area contributed by atoms with Crippen molar-refractivity contribution in [1.29, 1.82) is 0 Å². The van der Waals surface area contributed by atoms with Gasteiger partial charge in [-0.2, -0.15) is 0 Å². The number of nitrogens with two attached hydrogens (primary N) is 1. The summed E-state index contributed by atoms with van der Waals surface area (Å²) in [5, 5.41) is 0. The Balaban J connectivity index is 1.97. The van der Waals surface area contributed by atoms with Crippen LogP contribution in [0.5, 0.6) is 11.5 Å². The number of nitrogens with zero attached hydrogens (tertiary/aromatic N) is 1. The summed E-state index contributed by atoms with van der Waals surface area (Å²) in [6.45, 7) is 7.17. The summed E-state index contributed by atoms with van der Waals surface area (Å²) in [4.78, 5) is 2.45. The van der Waals surface area contributed by atoms with Gasteiger partial charge in [0.15, 0.2) is 11.5 Å². The SMILES string of the molecule is COCCOc1ccc(CN2CCC(C)(CN)C2)cc1OC. The molecule has 1 unspecified atom stereocenters. The Kier molecular flexibility index (Phi) is 6.06. The molecule has 1 aromatic rings. The number of methoxy groups -OCH3 is 2. The predicted octanol–water partition coefficient (Wildman–Crippen LogP) is 1.89. The maximum absolute atomic E-state index is 5.87. The van der Waals surface area contributed by atoms with Gasteiger partial charge in [-0.1, -0.05) is 13.0 Å². The zero-order chi connectivity index (χ0) is 16.0. The molecular weight excluding hydrogens is 280 g/mol. The van der Waals surface area contributed by atoms with Crippen molar-refractivity contribution in [2.45, 2.75) is 19.9 Å². The normalized spacial score (nSPS) is 22.0. The molecule has 1 fully saturated rings. The summed E-state index contributed by atoms with van der Waals surface area (Å²) in [5.41, 5.74) is 7.36. The fraction of sp³-hybridized carbons (Fsp3) is 0.647. The molecule has 2 N–H and O–H groups in total. The van der Waals surface area contributed by atoms with Crippen LogP contribution in [0, 0.1) is 5.41 Å². The van der Waals surface area contributed by atoms with Crippen LogP contribution >= 0.6 is 0 Å². The number of rotatable bonds is 8. The van der Waals surface area contributed by atoms with Crippen LogP contribution in [-0.4, -0.2) is 52.0 Å². The van der Waals surface area contributed by atoms with E-state index in [4.69, 9.17) is 19.9 Å². The van der Waals surface area contributed by atoms with E-state index in [0.29, 0.717) is 13.2 Å². The van der Waals surface area contributed by atoms with E-state index in [9.17, 15) is 0 Å². The standard InChI is InChI=1S/C17H28N2O3/c1-17(12-18)6-7-19(13-17)11-14-4-5-15(16(10-14)21-3)22-9-8-20-2/h4-5,10H,6-9,11-13,18H2,1-3H3. The fourth-order valence-electron chi connectivity index (χ4n) is 2.85. The van der Waals surface area contributed by atoms with Crippen LogP contribution in [0.4, 0.5) is 0 Å². The van der Waals surface area contributed by atoms with Crippen molar-refractivity contribution in [3.63, 3.8) is 0 Å². The highest BCUT2D eigenvalue weighted by Crippen LogP contribution is 2.32. The predicted molar refractivity (Wildman–Crippen MR) is 87.4 cm³/mol. The molecule has 0 aliphatic carbocycles. The van der Waals surface area contributed by atoms with Gasteiger partial charge in [0.1, 0.15) is 6.61 Å². The number of hydrogen-bond acceptors (Lipinski definition) is 5. The lowest BCUT2D eigenvalue weighted by Gasteiger charge is -2.23. The molecular formula is C17H28N2O3. The minimum Gasteiger partial charge on any atom is -0.493 e. The number of hydrogen-bond donors (Lipinski definition) is 1. The Morgan fingerprint density at radius 1 is 1.23 bits per heavy atom. The first-order valence-electron chi connectivity index (χ1n) is 7.81. The van der Waals surface area contributed by atoms with Crippen molar-refractivity contribution < 1.29 is 14.2 Å². The molecule has 124 valence electrons. The van der Waals surface area contributed by atoms with Crippen LogP contribution in [-0.2, 0) is 11.3 Å². The van der Waals surface area contributed by atoms with Gasteiger partial charge in [-0.25, -0.2) is 0 Å². The molecule has 0 amide bonds. The van der Waals surface area contributed by atoms with E-state index in [-0.39, 0.29) is 5.41 Å². The minimum absolute atomic E-state index is 0.257. The van der Waals surface area contributed by atoms with Crippen LogP contribution in [0.3, 0.4) is 0 Å². The number of ether oxygens (including phenoxy) is 3. The molecule has 1 heterocycles. The topological polar surface area (TPSA) is 57.0 Å². The Morgan fingerprint density at radius 3 is 2.68 bits per heavy atom. The van der Waals surface area contributed by atoms with Crippen molar-refractivity contribution in [1.82, 2.24) is 4.90 Å². The van der Waals surface area contributed by atoms with Gasteiger partial charge >= 0.3 is 0 Å². The maximum atomic E-state index is 5.87. The van der Waals surface area contributed by atoms with Crippen LogP contribution in [0.2, 0.25) is 0 Å². The molecule has 1 aliphatic rings. The Hall–Kier alpha value is -1.30. The van der Waals surface area contributed by atoms with Crippen molar-refractivity contribution in [2.75, 3.05) is 47.1 Å². The molecule has 5 nitrogen and oxygen atoms in total. The third-order valence-corrected chi connectivity index (χ3v) is 4.31. The molecule has 0 saturated carbocycles. The summed E-state index contributed by atoms with van der Waals surface area (Å²) < 4.78 is 16.1. The lowest BCUT2D eigenvalue weighted by atomic mass is 9.90. The van der Waals surface area contributed by atoms with E-state index >= 15 is 0 Å². The zero-order valence-electron chi connectivity index (χ0n) is 13.9. The largest absolute Gasteiger partial charge is 0.493 e. The van der Waals surface area contributed by atoms with Crippen LogP contribution in [0.15, 0.2) is 18.2 Å². The van der Waals surface area contributed by atoms with Crippen molar-refractivity contribution in [2.24, 2.45) is 11.1 Å². The maximum Gasteiger partial charge on any atom is 0.161 e. The smallest absolute Gasteiger partial charge is 0.161 e. The second-order valence-electron chi connectivity index (χ2n) is 6.30. The third kappa shape index (κ3) is 4.35. The molecule has 0 radical (unpaired) electrons. The summed E-state index contributed by atoms with van der Waals surface area (Å²) in [6.07, 6.45) is 1.17. The summed E-state index contributed by atoms with van der Waals surface area (Å²) in [6, 6.07) is 6.13. The molecule has 5 heteroatoms. The highest BCUT2D eigenvalue weighted by molar-refractivity contribution is 5.43. The van der Waals surface area contributed by atoms with Gasteiger partial charge in [0.2, 0.25) is 0 Å². The highest BCUT2D eigenvalue weighted by atomic mass is 16.5. The van der Waals surface area contributed by atoms with E-state index in [1.165, 1.54) is 12.0 Å². The van der Waals surface area contributed by atoms with Crippen molar-refractivity contribution in [3.8, 4) is 11.5 Å². The van der Waals surface area contributed by atoms with E-state index in [1.54, 1.807) is 14.2 Å². The first-order valence-corrected chi connectivity index (χ1v) is 7.81. The van der Waals surface area contributed by atoms with Gasteiger partial charge in [0.25, 0.3) is 0 Å². The average Bonchev–Trinajstić information content (AvgIpc) is 2.90. The van der Waals surface area contributed by atoms with Gasteiger partial charge in [-0.15, -0.1) is 0 Å². The van der Waals surface area contributed by atoms with Crippen LogP contribution in [0.1, 0.15) is 18.9 Å². The molecule has 1 aliphatic heterocycles. The first kappa shape index (κ1) is 17.1. The molecule has 1 saturated heterocycles. The molecule has 2 rings (SSSR count). The van der Waals surface area contributed by atoms with Crippen molar-refractivity contribution >= 4 is 0 Å². The van der Waals surface area contributed by atoms with Gasteiger partial charge in [-0.05, 0) is 42.6 Å². The van der Waals surface area contributed by atoms with E-state index in [2.05, 4.69) is 24.0 Å². The highest BCUT2D eigenvalue weighted by Gasteiger charge is 2.32. The Morgan fingerprint density at radius 2 is 2.05 bits per heavy atom. The molecule has 0 aromatic heterocycles. The molecule has 0 spiro atoms. The second kappa shape index (κ2) is 7.81. The zero-order valence-corrected chi connectivity index (χ0v) is 13.9. The van der Waals surface area contributed by atoms with Gasteiger partial charge in [0.05, 0.1) is 13.7 Å². The Labute approximate surface area is 133 Å². The molecule has 0 bridgehead atoms. The average molecular weight is 308 g/mol. The fourth-order valence-corrected chi connectivity index (χ4v) is 2.85. The van der Waals surface area contributed by atoms with Gasteiger partial charge in [-0.3, -0.25) is 4.90 Å². The van der Waals surface area contributed by atoms with Gasteiger partial charge in [0, 0.05) is 20.2 Å².